The van der Waals surface area contributed by atoms with Crippen LogP contribution >= 0.6 is 0 Å². The van der Waals surface area contributed by atoms with E-state index in [0.29, 0.717) is 55.9 Å². The molecule has 6 aromatic rings. The molecule has 0 radical (unpaired) electrons. The van der Waals surface area contributed by atoms with Crippen LogP contribution in [0, 0.1) is 0 Å². The Hall–Kier alpha value is -4.05. The van der Waals surface area contributed by atoms with Crippen molar-refractivity contribution < 1.29 is 21.8 Å². The second kappa shape index (κ2) is 8.95. The molecule has 2 aromatic heterocycles. The summed E-state index contributed by atoms with van der Waals surface area (Å²) >= 11 is 0. The van der Waals surface area contributed by atoms with Gasteiger partial charge < -0.3 is 14.2 Å². The minimum Gasteiger partial charge on any atom is -0.436 e. The summed E-state index contributed by atoms with van der Waals surface area (Å²) in [4.78, 5) is 8.89. The molecule has 0 bridgehead atoms. The molecule has 0 saturated heterocycles. The van der Waals surface area contributed by atoms with Gasteiger partial charge >= 0.3 is 0 Å². The van der Waals surface area contributed by atoms with Crippen molar-refractivity contribution in [1.29, 1.82) is 0 Å². The Morgan fingerprint density at radius 2 is 1.20 bits per heavy atom. The summed E-state index contributed by atoms with van der Waals surface area (Å²) in [7, 11) is -0.656. The van der Waals surface area contributed by atoms with Gasteiger partial charge in [-0.3, -0.25) is 4.55 Å². The molecule has 0 aliphatic heterocycles. The summed E-state index contributed by atoms with van der Waals surface area (Å²) in [6.07, 6.45) is 0. The Balaban J connectivity index is 0.000000806. The van der Waals surface area contributed by atoms with Gasteiger partial charge in [0.25, 0.3) is 10.1 Å². The van der Waals surface area contributed by atoms with Crippen molar-refractivity contribution in [3.05, 3.63) is 78.9 Å². The summed E-state index contributed by atoms with van der Waals surface area (Å²) in [6, 6.07) is 22.8. The first-order valence-corrected chi connectivity index (χ1v) is 12.2. The first-order valence-electron chi connectivity index (χ1n) is 10.7. The van der Waals surface area contributed by atoms with Crippen LogP contribution in [0.1, 0.15) is 0 Å². The van der Waals surface area contributed by atoms with E-state index in [4.69, 9.17) is 8.83 Å². The molecule has 0 aliphatic carbocycles. The molecule has 8 nitrogen and oxygen atoms in total. The maximum Gasteiger partial charge on any atom is 0.294 e. The van der Waals surface area contributed by atoms with Gasteiger partial charge in [-0.25, -0.2) is 9.97 Å². The highest BCUT2D eigenvalue weighted by Gasteiger charge is 2.19. The van der Waals surface area contributed by atoms with Crippen molar-refractivity contribution in [1.82, 2.24) is 15.3 Å². The molecule has 0 saturated carbocycles. The third kappa shape index (κ3) is 4.28. The third-order valence-electron chi connectivity index (χ3n) is 5.33. The van der Waals surface area contributed by atoms with Crippen LogP contribution in [0.15, 0.2) is 92.6 Å². The molecular formula is C26H21N3O5S. The van der Waals surface area contributed by atoms with Gasteiger partial charge in [-0.05, 0) is 73.4 Å². The number of para-hydroxylation sites is 4. The Morgan fingerprint density at radius 3 is 1.69 bits per heavy atom. The van der Waals surface area contributed by atoms with E-state index in [9.17, 15) is 13.0 Å². The summed E-state index contributed by atoms with van der Waals surface area (Å²) < 4.78 is 45.1. The van der Waals surface area contributed by atoms with Crippen molar-refractivity contribution in [2.45, 2.75) is 4.90 Å². The Morgan fingerprint density at radius 1 is 0.714 bits per heavy atom. The van der Waals surface area contributed by atoms with Gasteiger partial charge in [0, 0.05) is 11.1 Å². The number of rotatable bonds is 3. The van der Waals surface area contributed by atoms with Gasteiger partial charge in [0.15, 0.2) is 11.2 Å². The molecule has 6 rings (SSSR count). The van der Waals surface area contributed by atoms with Crippen LogP contribution < -0.4 is 5.32 Å². The lowest BCUT2D eigenvalue weighted by molar-refractivity contribution is 0.483. The van der Waals surface area contributed by atoms with Gasteiger partial charge in [0.2, 0.25) is 11.8 Å². The molecule has 0 aliphatic rings. The average molecular weight is 488 g/mol. The minimum absolute atomic E-state index is 0.225. The predicted octanol–water partition coefficient (Wildman–Crippen LogP) is 5.54. The molecule has 9 heteroatoms. The Bertz CT molecular complexity index is 1720. The van der Waals surface area contributed by atoms with E-state index < -0.39 is 10.1 Å². The van der Waals surface area contributed by atoms with E-state index in [2.05, 4.69) is 15.3 Å². The van der Waals surface area contributed by atoms with Gasteiger partial charge in [0.05, 0.1) is 4.90 Å². The molecule has 0 atom stereocenters. The zero-order valence-electron chi connectivity index (χ0n) is 18.9. The van der Waals surface area contributed by atoms with E-state index in [1.165, 1.54) is 12.1 Å². The van der Waals surface area contributed by atoms with Crippen molar-refractivity contribution >= 4 is 43.1 Å². The van der Waals surface area contributed by atoms with E-state index in [1.54, 1.807) is 12.1 Å². The van der Waals surface area contributed by atoms with Crippen LogP contribution in [0.5, 0.6) is 0 Å². The molecule has 0 amide bonds. The molecule has 176 valence electrons. The topological polar surface area (TPSA) is 118 Å². The summed E-state index contributed by atoms with van der Waals surface area (Å²) in [5.74, 6) is 0.743. The number of nitrogens with zero attached hydrogens (tertiary/aromatic N) is 2. The number of oxazole rings is 2. The van der Waals surface area contributed by atoms with Gasteiger partial charge in [-0.1, -0.05) is 30.3 Å². The van der Waals surface area contributed by atoms with E-state index in [-0.39, 0.29) is 4.90 Å². The highest BCUT2D eigenvalue weighted by Crippen LogP contribution is 2.38. The summed E-state index contributed by atoms with van der Waals surface area (Å²) in [5, 5.41) is 3.97. The first-order chi connectivity index (χ1) is 16.9. The number of aromatic nitrogens is 2. The van der Waals surface area contributed by atoms with Gasteiger partial charge in [-0.15, -0.1) is 0 Å². The highest BCUT2D eigenvalue weighted by atomic mass is 32.2. The van der Waals surface area contributed by atoms with Gasteiger partial charge in [-0.2, -0.15) is 8.42 Å². The molecule has 0 fully saturated rings. The van der Waals surface area contributed by atoms with Crippen molar-refractivity contribution in [3.63, 3.8) is 0 Å². The number of nitrogens with one attached hydrogen (secondary N) is 1. The first kappa shape index (κ1) is 22.7. The number of hydrogen-bond acceptors (Lipinski definition) is 7. The molecule has 2 heterocycles. The SMILES string of the molecule is CNC.O=S(=O)(O)c1ccc2c(-c3nc4ccccc4o3)ccc(-c3nc4ccccc4o3)c2c1. The van der Waals surface area contributed by atoms with Crippen LogP contribution in [0.4, 0.5) is 0 Å². The highest BCUT2D eigenvalue weighted by molar-refractivity contribution is 7.85. The molecule has 4 aromatic carbocycles. The minimum atomic E-state index is -4.41. The van der Waals surface area contributed by atoms with Crippen molar-refractivity contribution in [2.75, 3.05) is 14.1 Å². The monoisotopic (exact) mass is 487 g/mol. The molecule has 35 heavy (non-hydrogen) atoms. The van der Waals surface area contributed by atoms with Gasteiger partial charge in [0.1, 0.15) is 11.0 Å². The maximum absolute atomic E-state index is 11.8. The second-order valence-corrected chi connectivity index (χ2v) is 9.24. The van der Waals surface area contributed by atoms with Crippen LogP contribution in [0.25, 0.3) is 55.9 Å². The maximum atomic E-state index is 11.8. The fourth-order valence-corrected chi connectivity index (χ4v) is 4.34. The molecule has 0 unspecified atom stereocenters. The number of benzene rings is 4. The van der Waals surface area contributed by atoms with E-state index in [0.717, 1.165) is 0 Å². The Labute approximate surface area is 201 Å². The quantitative estimate of drug-likeness (QED) is 0.313. The largest absolute Gasteiger partial charge is 0.436 e. The standard InChI is InChI=1S/C24H14N2O5S.C2H7N/c27-32(28,29)14-9-10-15-16(23-25-19-5-1-3-7-21(19)30-23)11-12-17(18(15)13-14)24-26-20-6-2-4-8-22(20)31-24;1-3-2/h1-13H,(H,27,28,29);3H,1-2H3. The normalized spacial score (nSPS) is 11.6. The van der Waals surface area contributed by atoms with Crippen molar-refractivity contribution in [3.8, 4) is 22.9 Å². The van der Waals surface area contributed by atoms with Crippen LogP contribution in [-0.4, -0.2) is 37.0 Å². The lowest BCUT2D eigenvalue weighted by Crippen LogP contribution is -1.98. The van der Waals surface area contributed by atoms with E-state index >= 15 is 0 Å². The third-order valence-corrected chi connectivity index (χ3v) is 6.18. The zero-order chi connectivity index (χ0) is 24.6. The summed E-state index contributed by atoms with van der Waals surface area (Å²) in [6.45, 7) is 0. The predicted molar refractivity (Wildman–Crippen MR) is 135 cm³/mol. The molecular weight excluding hydrogens is 466 g/mol. The van der Waals surface area contributed by atoms with E-state index in [1.807, 2.05) is 68.7 Å². The van der Waals surface area contributed by atoms with Crippen LogP contribution in [0.3, 0.4) is 0 Å². The zero-order valence-corrected chi connectivity index (χ0v) is 19.7. The molecule has 0 spiro atoms. The smallest absolute Gasteiger partial charge is 0.294 e. The summed E-state index contributed by atoms with van der Waals surface area (Å²) in [5.41, 5.74) is 3.93. The Kier molecular flexibility index (Phi) is 5.81. The fraction of sp³-hybridized carbons (Fsp3) is 0.0769. The van der Waals surface area contributed by atoms with Crippen LogP contribution in [0.2, 0.25) is 0 Å². The number of hydrogen-bond donors (Lipinski definition) is 2. The average Bonchev–Trinajstić information content (AvgIpc) is 3.47. The number of fused-ring (bicyclic) bond motifs is 3. The second-order valence-electron chi connectivity index (χ2n) is 7.82. The molecule has 2 N–H and O–H groups in total. The van der Waals surface area contributed by atoms with Crippen molar-refractivity contribution in [2.24, 2.45) is 0 Å². The fourth-order valence-electron chi connectivity index (χ4n) is 3.84. The van der Waals surface area contributed by atoms with Crippen LogP contribution in [-0.2, 0) is 10.1 Å². The lowest BCUT2D eigenvalue weighted by Gasteiger charge is -2.09. The lowest BCUT2D eigenvalue weighted by atomic mass is 9.99.